The van der Waals surface area contributed by atoms with Crippen molar-refractivity contribution in [2.75, 3.05) is 0 Å². The van der Waals surface area contributed by atoms with Gasteiger partial charge in [-0.1, -0.05) is 0 Å². The van der Waals surface area contributed by atoms with Gasteiger partial charge in [0.15, 0.2) is 5.76 Å². The summed E-state index contributed by atoms with van der Waals surface area (Å²) in [5.41, 5.74) is 0.218. The fraction of sp³-hybridized carbons (Fsp3) is 0.222. The lowest BCUT2D eigenvalue weighted by molar-refractivity contribution is -0.144. The molecule has 0 aliphatic rings. The Hall–Kier alpha value is -1.72. The Kier molecular flexibility index (Phi) is 2.06. The number of aryl methyl sites for hydroxylation is 1. The molecule has 6 heteroatoms. The van der Waals surface area contributed by atoms with Gasteiger partial charge in [0.1, 0.15) is 11.5 Å². The maximum atomic E-state index is 12.2. The highest BCUT2D eigenvalue weighted by Gasteiger charge is 2.34. The maximum absolute atomic E-state index is 12.2. The monoisotopic (exact) mass is 216 g/mol. The summed E-state index contributed by atoms with van der Waals surface area (Å²) in [5, 5.41) is 0. The van der Waals surface area contributed by atoms with Crippen molar-refractivity contribution < 1.29 is 17.6 Å². The molecule has 2 rings (SSSR count). The SMILES string of the molecule is Cc1ccc(-c2cnc(C(F)(F)F)[nH]2)o1. The van der Waals surface area contributed by atoms with Gasteiger partial charge in [-0.25, -0.2) is 4.98 Å². The Morgan fingerprint density at radius 3 is 2.53 bits per heavy atom. The van der Waals surface area contributed by atoms with E-state index in [1.54, 1.807) is 19.1 Å². The molecule has 0 unspecified atom stereocenters. The van der Waals surface area contributed by atoms with Crippen LogP contribution in [0.2, 0.25) is 0 Å². The standard InChI is InChI=1S/C9H7F3N2O/c1-5-2-3-7(15-5)6-4-13-8(14-6)9(10,11)12/h2-4H,1H3,(H,13,14). The number of imidazole rings is 1. The minimum Gasteiger partial charge on any atom is -0.460 e. The number of hydrogen-bond donors (Lipinski definition) is 1. The second-order valence-electron chi connectivity index (χ2n) is 3.05. The Bertz CT molecular complexity index is 470. The van der Waals surface area contributed by atoms with Crippen LogP contribution in [0, 0.1) is 6.92 Å². The lowest BCUT2D eigenvalue weighted by Crippen LogP contribution is -2.06. The molecule has 0 spiro atoms. The van der Waals surface area contributed by atoms with Crippen LogP contribution in [0.25, 0.3) is 11.5 Å². The molecule has 2 heterocycles. The zero-order chi connectivity index (χ0) is 11.1. The summed E-state index contributed by atoms with van der Waals surface area (Å²) in [4.78, 5) is 5.39. The van der Waals surface area contributed by atoms with Crippen molar-refractivity contribution in [2.24, 2.45) is 0 Å². The van der Waals surface area contributed by atoms with Gasteiger partial charge < -0.3 is 9.40 Å². The van der Waals surface area contributed by atoms with E-state index in [0.29, 0.717) is 11.5 Å². The summed E-state index contributed by atoms with van der Waals surface area (Å²) in [6.45, 7) is 1.71. The number of aromatic nitrogens is 2. The number of rotatable bonds is 1. The highest BCUT2D eigenvalue weighted by Crippen LogP contribution is 2.29. The number of hydrogen-bond acceptors (Lipinski definition) is 2. The Labute approximate surface area is 82.9 Å². The molecule has 15 heavy (non-hydrogen) atoms. The van der Waals surface area contributed by atoms with Gasteiger partial charge in [-0.2, -0.15) is 13.2 Å². The first kappa shape index (κ1) is 9.82. The number of nitrogens with one attached hydrogen (secondary N) is 1. The molecule has 2 aromatic heterocycles. The van der Waals surface area contributed by atoms with Crippen molar-refractivity contribution in [1.29, 1.82) is 0 Å². The van der Waals surface area contributed by atoms with E-state index in [1.807, 2.05) is 0 Å². The predicted molar refractivity (Wildman–Crippen MR) is 46.0 cm³/mol. The predicted octanol–water partition coefficient (Wildman–Crippen LogP) is 3.00. The van der Waals surface area contributed by atoms with Gasteiger partial charge in [0.05, 0.1) is 6.20 Å². The van der Waals surface area contributed by atoms with Gasteiger partial charge in [-0.05, 0) is 19.1 Å². The van der Waals surface area contributed by atoms with E-state index in [2.05, 4.69) is 9.97 Å². The van der Waals surface area contributed by atoms with Crippen molar-refractivity contribution in [2.45, 2.75) is 13.1 Å². The molecule has 0 saturated heterocycles. The van der Waals surface area contributed by atoms with Crippen molar-refractivity contribution >= 4 is 0 Å². The molecule has 80 valence electrons. The van der Waals surface area contributed by atoms with Crippen molar-refractivity contribution in [3.63, 3.8) is 0 Å². The minimum absolute atomic E-state index is 0.218. The van der Waals surface area contributed by atoms with Crippen LogP contribution in [0.4, 0.5) is 13.2 Å². The second-order valence-corrected chi connectivity index (χ2v) is 3.05. The summed E-state index contributed by atoms with van der Waals surface area (Å²) in [7, 11) is 0. The second kappa shape index (κ2) is 3.15. The van der Waals surface area contributed by atoms with E-state index < -0.39 is 12.0 Å². The summed E-state index contributed by atoms with van der Waals surface area (Å²) in [5.74, 6) is -0.0461. The Morgan fingerprint density at radius 1 is 1.33 bits per heavy atom. The van der Waals surface area contributed by atoms with Gasteiger partial charge in [0, 0.05) is 0 Å². The molecule has 3 nitrogen and oxygen atoms in total. The summed E-state index contributed by atoms with van der Waals surface area (Å²) in [6.07, 6.45) is -3.36. The number of H-pyrrole nitrogens is 1. The van der Waals surface area contributed by atoms with Gasteiger partial charge in [-0.15, -0.1) is 0 Å². The summed E-state index contributed by atoms with van der Waals surface area (Å²) >= 11 is 0. The molecule has 0 aliphatic carbocycles. The molecule has 0 saturated carbocycles. The molecule has 1 N–H and O–H groups in total. The average Bonchev–Trinajstić information content (AvgIpc) is 2.69. The third kappa shape index (κ3) is 1.88. The molecule has 0 fully saturated rings. The number of aromatic amines is 1. The summed E-state index contributed by atoms with van der Waals surface area (Å²) in [6, 6.07) is 3.26. The van der Waals surface area contributed by atoms with Crippen LogP contribution in [-0.2, 0) is 6.18 Å². The molecule has 2 aromatic rings. The average molecular weight is 216 g/mol. The van der Waals surface area contributed by atoms with E-state index >= 15 is 0 Å². The highest BCUT2D eigenvalue weighted by molar-refractivity contribution is 5.51. The summed E-state index contributed by atoms with van der Waals surface area (Å²) < 4.78 is 41.8. The van der Waals surface area contributed by atoms with Gasteiger partial charge in [-0.3, -0.25) is 0 Å². The van der Waals surface area contributed by atoms with Crippen LogP contribution >= 0.6 is 0 Å². The molecular weight excluding hydrogens is 209 g/mol. The van der Waals surface area contributed by atoms with Crippen molar-refractivity contribution in [3.05, 3.63) is 29.9 Å². The number of furan rings is 1. The van der Waals surface area contributed by atoms with Crippen LogP contribution in [0.5, 0.6) is 0 Å². The highest BCUT2D eigenvalue weighted by atomic mass is 19.4. The first-order valence-electron chi connectivity index (χ1n) is 4.16. The smallest absolute Gasteiger partial charge is 0.449 e. The molecule has 0 aromatic carbocycles. The van der Waals surface area contributed by atoms with E-state index in [4.69, 9.17) is 4.42 Å². The Morgan fingerprint density at radius 2 is 2.07 bits per heavy atom. The topological polar surface area (TPSA) is 41.8 Å². The first-order valence-corrected chi connectivity index (χ1v) is 4.16. The van der Waals surface area contributed by atoms with E-state index in [9.17, 15) is 13.2 Å². The third-order valence-corrected chi connectivity index (χ3v) is 1.85. The minimum atomic E-state index is -4.46. The fourth-order valence-corrected chi connectivity index (χ4v) is 1.17. The Balaban J connectivity index is 2.36. The molecule has 0 aliphatic heterocycles. The lowest BCUT2D eigenvalue weighted by atomic mass is 10.3. The number of alkyl halides is 3. The van der Waals surface area contributed by atoms with Gasteiger partial charge >= 0.3 is 6.18 Å². The van der Waals surface area contributed by atoms with E-state index in [0.717, 1.165) is 6.20 Å². The van der Waals surface area contributed by atoms with E-state index in [1.165, 1.54) is 0 Å². The van der Waals surface area contributed by atoms with Crippen LogP contribution in [0.15, 0.2) is 22.7 Å². The number of halogens is 3. The lowest BCUT2D eigenvalue weighted by Gasteiger charge is -1.99. The van der Waals surface area contributed by atoms with Crippen LogP contribution < -0.4 is 0 Å². The van der Waals surface area contributed by atoms with Crippen LogP contribution in [0.3, 0.4) is 0 Å². The van der Waals surface area contributed by atoms with Gasteiger partial charge in [0.25, 0.3) is 0 Å². The normalized spacial score (nSPS) is 12.0. The van der Waals surface area contributed by atoms with Crippen LogP contribution in [-0.4, -0.2) is 9.97 Å². The molecule has 0 atom stereocenters. The number of nitrogens with zero attached hydrogens (tertiary/aromatic N) is 1. The first-order chi connectivity index (χ1) is 6.97. The van der Waals surface area contributed by atoms with E-state index in [-0.39, 0.29) is 5.69 Å². The zero-order valence-corrected chi connectivity index (χ0v) is 7.72. The molecule has 0 bridgehead atoms. The van der Waals surface area contributed by atoms with Gasteiger partial charge in [0.2, 0.25) is 5.82 Å². The molecular formula is C9H7F3N2O. The maximum Gasteiger partial charge on any atom is 0.449 e. The van der Waals surface area contributed by atoms with Crippen molar-refractivity contribution in [1.82, 2.24) is 9.97 Å². The van der Waals surface area contributed by atoms with Crippen LogP contribution in [0.1, 0.15) is 11.6 Å². The van der Waals surface area contributed by atoms with Crippen molar-refractivity contribution in [3.8, 4) is 11.5 Å². The largest absolute Gasteiger partial charge is 0.460 e. The fourth-order valence-electron chi connectivity index (χ4n) is 1.17. The molecule has 0 radical (unpaired) electrons. The quantitative estimate of drug-likeness (QED) is 0.796. The molecule has 0 amide bonds. The zero-order valence-electron chi connectivity index (χ0n) is 7.72. The third-order valence-electron chi connectivity index (χ3n) is 1.85.